The zero-order chi connectivity index (χ0) is 4.50. The second-order valence-corrected chi connectivity index (χ2v) is 0.857. The Morgan fingerprint density at radius 1 is 1.17 bits per heavy atom. The Hall–Kier alpha value is 0.297. The SMILES string of the molecule is FC(F)(F)Cl.[SiH4]. The molecule has 0 rings (SSSR count). The number of rotatable bonds is 0. The van der Waals surface area contributed by atoms with Gasteiger partial charge in [-0.25, -0.2) is 0 Å². The number of hydrogen-bond acceptors (Lipinski definition) is 0. The molecule has 40 valence electrons. The van der Waals surface area contributed by atoms with Crippen molar-refractivity contribution >= 4 is 22.6 Å². The van der Waals surface area contributed by atoms with Crippen LogP contribution in [0, 0.1) is 0 Å². The van der Waals surface area contributed by atoms with Crippen molar-refractivity contribution in [3.63, 3.8) is 0 Å². The van der Waals surface area contributed by atoms with E-state index in [0.717, 1.165) is 0 Å². The molecule has 0 bridgehead atoms. The molecule has 0 saturated heterocycles. The first-order valence-electron chi connectivity index (χ1n) is 0.756. The highest BCUT2D eigenvalue weighted by Crippen LogP contribution is 2.18. The van der Waals surface area contributed by atoms with Crippen molar-refractivity contribution < 1.29 is 13.2 Å². The highest BCUT2D eigenvalue weighted by atomic mass is 35.5. The summed E-state index contributed by atoms with van der Waals surface area (Å²) in [4.78, 5) is 0. The van der Waals surface area contributed by atoms with Crippen LogP contribution in [0.25, 0.3) is 0 Å². The molecule has 0 spiro atoms. The number of halogens is 4. The lowest BCUT2D eigenvalue weighted by Gasteiger charge is -1.84. The van der Waals surface area contributed by atoms with Gasteiger partial charge in [-0.05, 0) is 22.6 Å². The average Bonchev–Trinajstić information content (AvgIpc) is 0.722. The van der Waals surface area contributed by atoms with Crippen molar-refractivity contribution in [1.82, 2.24) is 0 Å². The predicted octanol–water partition coefficient (Wildman–Crippen LogP) is 0.293. The zero-order valence-corrected chi connectivity index (χ0v) is 2.77. The van der Waals surface area contributed by atoms with Crippen LogP contribution < -0.4 is 0 Å². The molecule has 0 unspecified atom stereocenters. The van der Waals surface area contributed by atoms with E-state index in [1.165, 1.54) is 0 Å². The van der Waals surface area contributed by atoms with Gasteiger partial charge in [0.15, 0.2) is 0 Å². The summed E-state index contributed by atoms with van der Waals surface area (Å²) in [6.45, 7) is 0. The molecule has 5 heteroatoms. The molecule has 0 aliphatic heterocycles. The van der Waals surface area contributed by atoms with Gasteiger partial charge in [0.1, 0.15) is 0 Å². The smallest absolute Gasteiger partial charge is 0.156 e. The molecule has 0 nitrogen and oxygen atoms in total. The van der Waals surface area contributed by atoms with Gasteiger partial charge in [-0.1, -0.05) is 0 Å². The Balaban J connectivity index is 0. The average molecular weight is 137 g/mol. The van der Waals surface area contributed by atoms with Crippen molar-refractivity contribution in [1.29, 1.82) is 0 Å². The monoisotopic (exact) mass is 136 g/mol. The minimum Gasteiger partial charge on any atom is -0.156 e. The van der Waals surface area contributed by atoms with Gasteiger partial charge in [0.25, 0.3) is 0 Å². The second-order valence-electron chi connectivity index (χ2n) is 0.429. The summed E-state index contributed by atoms with van der Waals surface area (Å²) < 4.78 is 30.4. The fraction of sp³-hybridized carbons (Fsp3) is 1.00. The van der Waals surface area contributed by atoms with Gasteiger partial charge in [-0.2, -0.15) is 13.2 Å². The van der Waals surface area contributed by atoms with Crippen molar-refractivity contribution in [3.05, 3.63) is 0 Å². The maximum Gasteiger partial charge on any atom is 0.475 e. The van der Waals surface area contributed by atoms with E-state index in [9.17, 15) is 13.2 Å². The highest BCUT2D eigenvalue weighted by molar-refractivity contribution is 6.20. The first-order chi connectivity index (χ1) is 2.00. The van der Waals surface area contributed by atoms with Crippen LogP contribution >= 0.6 is 11.6 Å². The lowest BCUT2D eigenvalue weighted by Crippen LogP contribution is -1.89. The third kappa shape index (κ3) is 530. The first kappa shape index (κ1) is 9.57. The standard InChI is InChI=1S/CClF3.H4Si/c2-1(3,4)5;/h;1H4. The molecule has 0 aliphatic rings. The van der Waals surface area contributed by atoms with E-state index in [1.54, 1.807) is 0 Å². The topological polar surface area (TPSA) is 0 Å². The molecule has 0 heterocycles. The minimum atomic E-state index is -4.53. The minimum absolute atomic E-state index is 0. The Labute approximate surface area is 42.3 Å². The van der Waals surface area contributed by atoms with Gasteiger partial charge in [0.05, 0.1) is 0 Å². The second kappa shape index (κ2) is 2.47. The van der Waals surface area contributed by atoms with Crippen molar-refractivity contribution in [3.8, 4) is 0 Å². The van der Waals surface area contributed by atoms with Crippen LogP contribution in [0.3, 0.4) is 0 Å². The van der Waals surface area contributed by atoms with Crippen molar-refractivity contribution in [2.24, 2.45) is 0 Å². The third-order valence-corrected chi connectivity index (χ3v) is 0. The van der Waals surface area contributed by atoms with Gasteiger partial charge >= 0.3 is 5.64 Å². The van der Waals surface area contributed by atoms with E-state index < -0.39 is 5.64 Å². The van der Waals surface area contributed by atoms with Crippen LogP contribution in [-0.2, 0) is 0 Å². The number of alkyl halides is 4. The maximum atomic E-state index is 10.1. The quantitative estimate of drug-likeness (QED) is 0.332. The van der Waals surface area contributed by atoms with E-state index in [4.69, 9.17) is 0 Å². The lowest BCUT2D eigenvalue weighted by molar-refractivity contribution is -0.0420. The molecule has 0 radical (unpaired) electrons. The molecule has 0 aromatic rings. The lowest BCUT2D eigenvalue weighted by atomic mass is 11.6. The van der Waals surface area contributed by atoms with Crippen LogP contribution in [-0.4, -0.2) is 16.6 Å². The summed E-state index contributed by atoms with van der Waals surface area (Å²) in [5, 5.41) is 0. The predicted molar refractivity (Wildman–Crippen MR) is 23.2 cm³/mol. The zero-order valence-electron chi connectivity index (χ0n) is 2.01. The molecule has 0 saturated carbocycles. The van der Waals surface area contributed by atoms with Crippen LogP contribution in [0.15, 0.2) is 0 Å². The first-order valence-corrected chi connectivity index (χ1v) is 1.13. The Morgan fingerprint density at radius 3 is 1.17 bits per heavy atom. The van der Waals surface area contributed by atoms with Crippen LogP contribution in [0.2, 0.25) is 0 Å². The van der Waals surface area contributed by atoms with Crippen LogP contribution in [0.5, 0.6) is 0 Å². The summed E-state index contributed by atoms with van der Waals surface area (Å²) in [5.41, 5.74) is -4.53. The Kier molecular flexibility index (Phi) is 3.93. The molecule has 0 amide bonds. The van der Waals surface area contributed by atoms with Gasteiger partial charge in [0, 0.05) is 0 Å². The van der Waals surface area contributed by atoms with Crippen LogP contribution in [0.4, 0.5) is 13.2 Å². The molecular formula is CH4ClF3Si. The summed E-state index contributed by atoms with van der Waals surface area (Å²) in [5.74, 6) is 0. The maximum absolute atomic E-state index is 10.1. The van der Waals surface area contributed by atoms with Gasteiger partial charge < -0.3 is 0 Å². The number of hydrogen-bond donors (Lipinski definition) is 0. The molecule has 0 aromatic heterocycles. The molecule has 0 N–H and O–H groups in total. The molecule has 0 fully saturated rings. The van der Waals surface area contributed by atoms with E-state index in [-0.39, 0.29) is 11.0 Å². The molecule has 0 atom stereocenters. The van der Waals surface area contributed by atoms with E-state index in [1.807, 2.05) is 0 Å². The largest absolute Gasteiger partial charge is 0.475 e. The normalized spacial score (nSPS) is 10.0. The summed E-state index contributed by atoms with van der Waals surface area (Å²) >= 11 is 3.53. The van der Waals surface area contributed by atoms with E-state index in [0.29, 0.717) is 0 Å². The summed E-state index contributed by atoms with van der Waals surface area (Å²) in [6.07, 6.45) is 0. The van der Waals surface area contributed by atoms with E-state index in [2.05, 4.69) is 11.6 Å². The summed E-state index contributed by atoms with van der Waals surface area (Å²) in [6, 6.07) is 0. The van der Waals surface area contributed by atoms with E-state index >= 15 is 0 Å². The summed E-state index contributed by atoms with van der Waals surface area (Å²) in [7, 11) is 0. The van der Waals surface area contributed by atoms with Gasteiger partial charge in [-0.3, -0.25) is 0 Å². The van der Waals surface area contributed by atoms with Crippen molar-refractivity contribution in [2.75, 3.05) is 0 Å². The fourth-order valence-corrected chi connectivity index (χ4v) is 0. The van der Waals surface area contributed by atoms with Crippen molar-refractivity contribution in [2.45, 2.75) is 5.64 Å². The van der Waals surface area contributed by atoms with Crippen LogP contribution in [0.1, 0.15) is 0 Å². The Bertz CT molecular complexity index is 26.3. The third-order valence-electron chi connectivity index (χ3n) is 0. The van der Waals surface area contributed by atoms with Gasteiger partial charge in [-0.15, -0.1) is 0 Å². The highest BCUT2D eigenvalue weighted by Gasteiger charge is 2.20. The molecule has 0 aliphatic carbocycles. The van der Waals surface area contributed by atoms with Gasteiger partial charge in [0.2, 0.25) is 0 Å². The molecule has 6 heavy (non-hydrogen) atoms. The molecular weight excluding hydrogens is 133 g/mol. The molecule has 0 aromatic carbocycles. The Morgan fingerprint density at radius 2 is 1.17 bits per heavy atom. The fourth-order valence-electron chi connectivity index (χ4n) is 0.